The van der Waals surface area contributed by atoms with E-state index < -0.39 is 0 Å². The van der Waals surface area contributed by atoms with Crippen molar-refractivity contribution in [3.63, 3.8) is 0 Å². The summed E-state index contributed by atoms with van der Waals surface area (Å²) in [4.78, 5) is 28.2. The van der Waals surface area contributed by atoms with Crippen molar-refractivity contribution in [1.82, 2.24) is 24.9 Å². The number of nitrogens with zero attached hydrogens (tertiary/aromatic N) is 4. The smallest absolute Gasteiger partial charge is 0.339 e. The van der Waals surface area contributed by atoms with E-state index in [1.54, 1.807) is 4.57 Å². The SMILES string of the molecule is Cc1ccc(NC(=O)Cc2noc(C3CCc4n[nH]c(=O)n4C3)n2)cc1. The monoisotopic (exact) mass is 354 g/mol. The van der Waals surface area contributed by atoms with Gasteiger partial charge in [-0.2, -0.15) is 10.1 Å². The fraction of sp³-hybridized carbons (Fsp3) is 0.353. The lowest BCUT2D eigenvalue weighted by Crippen LogP contribution is -2.27. The number of fused-ring (bicyclic) bond motifs is 1. The standard InChI is InChI=1S/C17H18N6O3/c1-10-2-5-12(6-3-10)18-15(24)8-13-19-16(26-22-13)11-4-7-14-20-21-17(25)23(14)9-11/h2-3,5-6,11H,4,7-9H2,1H3,(H,18,24)(H,21,25). The van der Waals surface area contributed by atoms with Crippen LogP contribution < -0.4 is 11.0 Å². The first-order chi connectivity index (χ1) is 12.6. The molecule has 0 saturated carbocycles. The molecule has 134 valence electrons. The molecule has 0 saturated heterocycles. The summed E-state index contributed by atoms with van der Waals surface area (Å²) in [7, 11) is 0. The number of H-pyrrole nitrogens is 1. The summed E-state index contributed by atoms with van der Waals surface area (Å²) < 4.78 is 6.90. The molecule has 0 aliphatic carbocycles. The first-order valence-electron chi connectivity index (χ1n) is 8.41. The highest BCUT2D eigenvalue weighted by atomic mass is 16.5. The van der Waals surface area contributed by atoms with E-state index in [2.05, 4.69) is 25.7 Å². The Kier molecular flexibility index (Phi) is 4.11. The van der Waals surface area contributed by atoms with Gasteiger partial charge in [0, 0.05) is 18.7 Å². The maximum absolute atomic E-state index is 12.1. The van der Waals surface area contributed by atoms with E-state index >= 15 is 0 Å². The van der Waals surface area contributed by atoms with Gasteiger partial charge in [0.15, 0.2) is 5.82 Å². The minimum atomic E-state index is -0.234. The van der Waals surface area contributed by atoms with E-state index in [0.717, 1.165) is 23.5 Å². The number of rotatable bonds is 4. The van der Waals surface area contributed by atoms with Crippen LogP contribution in [0.15, 0.2) is 33.6 Å². The van der Waals surface area contributed by atoms with Gasteiger partial charge in [-0.25, -0.2) is 9.89 Å². The van der Waals surface area contributed by atoms with Gasteiger partial charge in [-0.15, -0.1) is 0 Å². The zero-order valence-electron chi connectivity index (χ0n) is 14.2. The van der Waals surface area contributed by atoms with Gasteiger partial charge < -0.3 is 9.84 Å². The van der Waals surface area contributed by atoms with E-state index in [0.29, 0.717) is 24.7 Å². The molecule has 9 nitrogen and oxygen atoms in total. The molecule has 26 heavy (non-hydrogen) atoms. The number of hydrogen-bond donors (Lipinski definition) is 2. The van der Waals surface area contributed by atoms with Crippen LogP contribution in [-0.2, 0) is 24.2 Å². The highest BCUT2D eigenvalue weighted by Gasteiger charge is 2.27. The number of aromatic nitrogens is 5. The van der Waals surface area contributed by atoms with Crippen molar-refractivity contribution in [2.24, 2.45) is 0 Å². The minimum Gasteiger partial charge on any atom is -0.339 e. The van der Waals surface area contributed by atoms with E-state index in [-0.39, 0.29) is 23.9 Å². The molecule has 0 fully saturated rings. The molecular weight excluding hydrogens is 336 g/mol. The number of amides is 1. The predicted octanol–water partition coefficient (Wildman–Crippen LogP) is 1.17. The molecule has 3 aromatic rings. The molecule has 4 rings (SSSR count). The molecule has 1 amide bonds. The molecule has 9 heteroatoms. The van der Waals surface area contributed by atoms with Gasteiger partial charge in [0.1, 0.15) is 5.82 Å². The van der Waals surface area contributed by atoms with Crippen LogP contribution in [0.3, 0.4) is 0 Å². The van der Waals surface area contributed by atoms with Crippen molar-refractivity contribution in [1.29, 1.82) is 0 Å². The second-order valence-corrected chi connectivity index (χ2v) is 6.43. The summed E-state index contributed by atoms with van der Waals surface area (Å²) in [6.07, 6.45) is 1.46. The molecule has 2 aromatic heterocycles. The second-order valence-electron chi connectivity index (χ2n) is 6.43. The van der Waals surface area contributed by atoms with Gasteiger partial charge in [0.05, 0.1) is 12.3 Å². The van der Waals surface area contributed by atoms with Crippen LogP contribution in [0.5, 0.6) is 0 Å². The number of hydrogen-bond acceptors (Lipinski definition) is 6. The van der Waals surface area contributed by atoms with Crippen LogP contribution in [0.1, 0.15) is 35.4 Å². The number of anilines is 1. The Morgan fingerprint density at radius 1 is 1.38 bits per heavy atom. The highest BCUT2D eigenvalue weighted by molar-refractivity contribution is 5.91. The maximum Gasteiger partial charge on any atom is 0.343 e. The van der Waals surface area contributed by atoms with Crippen LogP contribution >= 0.6 is 0 Å². The lowest BCUT2D eigenvalue weighted by Gasteiger charge is -2.18. The zero-order chi connectivity index (χ0) is 18.1. The Labute approximate surface area is 148 Å². The van der Waals surface area contributed by atoms with E-state index in [9.17, 15) is 9.59 Å². The molecule has 1 aromatic carbocycles. The van der Waals surface area contributed by atoms with Crippen molar-refractivity contribution >= 4 is 11.6 Å². The minimum absolute atomic E-state index is 0.0288. The summed E-state index contributed by atoms with van der Waals surface area (Å²) in [5.41, 5.74) is 1.61. The maximum atomic E-state index is 12.1. The summed E-state index contributed by atoms with van der Waals surface area (Å²) in [5.74, 6) is 1.25. The van der Waals surface area contributed by atoms with Gasteiger partial charge in [-0.1, -0.05) is 22.9 Å². The molecule has 1 atom stereocenters. The number of nitrogens with one attached hydrogen (secondary N) is 2. The first-order valence-corrected chi connectivity index (χ1v) is 8.41. The zero-order valence-corrected chi connectivity index (χ0v) is 14.2. The van der Waals surface area contributed by atoms with Crippen molar-refractivity contribution in [2.75, 3.05) is 5.32 Å². The topological polar surface area (TPSA) is 119 Å². The molecule has 2 N–H and O–H groups in total. The molecule has 1 unspecified atom stereocenters. The Morgan fingerprint density at radius 2 is 2.19 bits per heavy atom. The average molecular weight is 354 g/mol. The van der Waals surface area contributed by atoms with Gasteiger partial charge in [0.25, 0.3) is 0 Å². The number of carbonyl (C=O) groups excluding carboxylic acids is 1. The molecule has 3 heterocycles. The van der Waals surface area contributed by atoms with Crippen LogP contribution in [-0.4, -0.2) is 30.8 Å². The lowest BCUT2D eigenvalue weighted by atomic mass is 9.99. The van der Waals surface area contributed by atoms with Crippen LogP contribution in [0.2, 0.25) is 0 Å². The van der Waals surface area contributed by atoms with E-state index in [4.69, 9.17) is 4.52 Å². The third kappa shape index (κ3) is 3.28. The van der Waals surface area contributed by atoms with Crippen molar-refractivity contribution in [3.05, 3.63) is 57.9 Å². The first kappa shape index (κ1) is 16.2. The Bertz CT molecular complexity index is 985. The van der Waals surface area contributed by atoms with Gasteiger partial charge in [-0.3, -0.25) is 9.36 Å². The van der Waals surface area contributed by atoms with Crippen molar-refractivity contribution < 1.29 is 9.32 Å². The van der Waals surface area contributed by atoms with Gasteiger partial charge >= 0.3 is 5.69 Å². The summed E-state index contributed by atoms with van der Waals surface area (Å²) in [6, 6.07) is 7.54. The van der Waals surface area contributed by atoms with Crippen molar-refractivity contribution in [3.8, 4) is 0 Å². The number of benzene rings is 1. The number of aryl methyl sites for hydroxylation is 2. The van der Waals surface area contributed by atoms with Crippen LogP contribution in [0.4, 0.5) is 5.69 Å². The highest BCUT2D eigenvalue weighted by Crippen LogP contribution is 2.25. The fourth-order valence-electron chi connectivity index (χ4n) is 3.04. The number of aromatic amines is 1. The third-order valence-electron chi connectivity index (χ3n) is 4.44. The molecule has 1 aliphatic heterocycles. The Morgan fingerprint density at radius 3 is 3.00 bits per heavy atom. The lowest BCUT2D eigenvalue weighted by molar-refractivity contribution is -0.115. The Balaban J connectivity index is 1.40. The van der Waals surface area contributed by atoms with Gasteiger partial charge in [-0.05, 0) is 25.5 Å². The Hall–Kier alpha value is -3.23. The largest absolute Gasteiger partial charge is 0.343 e. The molecule has 1 aliphatic rings. The van der Waals surface area contributed by atoms with Crippen LogP contribution in [0, 0.1) is 6.92 Å². The van der Waals surface area contributed by atoms with E-state index in [1.165, 1.54) is 0 Å². The third-order valence-corrected chi connectivity index (χ3v) is 4.44. The van der Waals surface area contributed by atoms with Crippen LogP contribution in [0.25, 0.3) is 0 Å². The molecule has 0 bridgehead atoms. The molecule has 0 spiro atoms. The number of carbonyl (C=O) groups is 1. The second kappa shape index (κ2) is 6.58. The predicted molar refractivity (Wildman–Crippen MR) is 91.7 cm³/mol. The fourth-order valence-corrected chi connectivity index (χ4v) is 3.04. The van der Waals surface area contributed by atoms with Crippen molar-refractivity contribution in [2.45, 2.75) is 38.6 Å². The molecule has 0 radical (unpaired) electrons. The van der Waals surface area contributed by atoms with E-state index in [1.807, 2.05) is 31.2 Å². The quantitative estimate of drug-likeness (QED) is 0.726. The summed E-state index contributed by atoms with van der Waals surface area (Å²) in [6.45, 7) is 2.43. The normalized spacial score (nSPS) is 16.3. The van der Waals surface area contributed by atoms with Gasteiger partial charge in [0.2, 0.25) is 11.8 Å². The summed E-state index contributed by atoms with van der Waals surface area (Å²) >= 11 is 0. The summed E-state index contributed by atoms with van der Waals surface area (Å²) in [5, 5.41) is 13.1. The average Bonchev–Trinajstić information content (AvgIpc) is 3.24. The molecular formula is C17H18N6O3.